The molecule has 0 unspecified atom stereocenters. The molecule has 1 aromatic heterocycles. The van der Waals surface area contributed by atoms with Gasteiger partial charge in [0.1, 0.15) is 0 Å². The lowest BCUT2D eigenvalue weighted by atomic mass is 9.95. The molecule has 0 aliphatic heterocycles. The van der Waals surface area contributed by atoms with E-state index < -0.39 is 0 Å². The van der Waals surface area contributed by atoms with Gasteiger partial charge in [-0.15, -0.1) is 5.10 Å². The minimum absolute atomic E-state index is 0.561. The largest absolute Gasteiger partial charge is 0.407 e. The summed E-state index contributed by atoms with van der Waals surface area (Å²) in [6.07, 6.45) is 6.45. The van der Waals surface area contributed by atoms with E-state index in [1.54, 1.807) is 0 Å². The zero-order valence-corrected chi connectivity index (χ0v) is 12.4. The van der Waals surface area contributed by atoms with Crippen LogP contribution in [0.1, 0.15) is 51.8 Å². The first-order chi connectivity index (χ1) is 9.16. The minimum Gasteiger partial charge on any atom is -0.407 e. The Kier molecular flexibility index (Phi) is 5.19. The molecule has 2 rings (SSSR count). The Morgan fingerprint density at radius 1 is 1.26 bits per heavy atom. The van der Waals surface area contributed by atoms with Gasteiger partial charge in [-0.3, -0.25) is 0 Å². The third-order valence-electron chi connectivity index (χ3n) is 3.71. The Labute approximate surface area is 115 Å². The summed E-state index contributed by atoms with van der Waals surface area (Å²) in [5.74, 6) is 1.31. The molecule has 1 aliphatic rings. The van der Waals surface area contributed by atoms with Crippen LogP contribution < -0.4 is 10.2 Å². The maximum atomic E-state index is 5.72. The van der Waals surface area contributed by atoms with Crippen molar-refractivity contribution in [1.82, 2.24) is 15.5 Å². The van der Waals surface area contributed by atoms with Gasteiger partial charge in [0, 0.05) is 13.1 Å². The fourth-order valence-corrected chi connectivity index (χ4v) is 2.55. The van der Waals surface area contributed by atoms with Gasteiger partial charge in [-0.05, 0) is 25.3 Å². The zero-order valence-electron chi connectivity index (χ0n) is 12.4. The predicted octanol–water partition coefficient (Wildman–Crippen LogP) is 2.58. The van der Waals surface area contributed by atoms with Gasteiger partial charge in [-0.2, -0.15) is 0 Å². The van der Waals surface area contributed by atoms with Crippen LogP contribution in [0.15, 0.2) is 4.42 Å². The van der Waals surface area contributed by atoms with E-state index in [1.165, 1.54) is 32.1 Å². The van der Waals surface area contributed by atoms with Crippen LogP contribution >= 0.6 is 0 Å². The van der Waals surface area contributed by atoms with Crippen molar-refractivity contribution in [1.29, 1.82) is 0 Å². The van der Waals surface area contributed by atoms with Crippen molar-refractivity contribution in [2.75, 3.05) is 18.5 Å². The van der Waals surface area contributed by atoms with E-state index in [1.807, 2.05) is 0 Å². The second kappa shape index (κ2) is 6.89. The number of anilines is 1. The monoisotopic (exact) mass is 266 g/mol. The van der Waals surface area contributed by atoms with Gasteiger partial charge in [0.2, 0.25) is 5.89 Å². The maximum absolute atomic E-state index is 5.72. The van der Waals surface area contributed by atoms with Crippen molar-refractivity contribution in [2.24, 2.45) is 5.92 Å². The highest BCUT2D eigenvalue weighted by atomic mass is 16.4. The summed E-state index contributed by atoms with van der Waals surface area (Å²) in [6, 6.07) is 1.22. The molecule has 1 fully saturated rings. The Morgan fingerprint density at radius 3 is 2.68 bits per heavy atom. The summed E-state index contributed by atoms with van der Waals surface area (Å²) in [7, 11) is 2.06. The molecule has 108 valence electrons. The average molecular weight is 266 g/mol. The summed E-state index contributed by atoms with van der Waals surface area (Å²) in [5, 5.41) is 11.6. The Hall–Kier alpha value is -1.10. The summed E-state index contributed by atoms with van der Waals surface area (Å²) in [4.78, 5) is 2.15. The van der Waals surface area contributed by atoms with Crippen molar-refractivity contribution >= 4 is 6.01 Å². The quantitative estimate of drug-likeness (QED) is 0.857. The Bertz CT molecular complexity index is 371. The van der Waals surface area contributed by atoms with Gasteiger partial charge in [0.15, 0.2) is 0 Å². The zero-order chi connectivity index (χ0) is 13.7. The summed E-state index contributed by atoms with van der Waals surface area (Å²) >= 11 is 0. The third-order valence-corrected chi connectivity index (χ3v) is 3.71. The highest BCUT2D eigenvalue weighted by Gasteiger charge is 2.22. The standard InChI is InChI=1S/C14H26N4O/c1-11(2)9-15-10-13-16-17-14(19-13)18(3)12-7-5-4-6-8-12/h11-12,15H,4-10H2,1-3H3. The molecule has 0 atom stereocenters. The minimum atomic E-state index is 0.561. The highest BCUT2D eigenvalue weighted by Crippen LogP contribution is 2.25. The molecule has 1 aliphatic carbocycles. The van der Waals surface area contributed by atoms with E-state index in [0.717, 1.165) is 6.54 Å². The van der Waals surface area contributed by atoms with Gasteiger partial charge in [-0.25, -0.2) is 0 Å². The first-order valence-electron chi connectivity index (χ1n) is 7.42. The van der Waals surface area contributed by atoms with Gasteiger partial charge in [-0.1, -0.05) is 38.2 Å². The molecule has 0 aromatic carbocycles. The molecule has 5 nitrogen and oxygen atoms in total. The van der Waals surface area contributed by atoms with E-state index in [2.05, 4.69) is 41.3 Å². The van der Waals surface area contributed by atoms with Crippen molar-refractivity contribution in [3.05, 3.63) is 5.89 Å². The molecule has 0 bridgehead atoms. The van der Waals surface area contributed by atoms with Crippen molar-refractivity contribution in [3.63, 3.8) is 0 Å². The van der Waals surface area contributed by atoms with E-state index in [4.69, 9.17) is 4.42 Å². The molecule has 0 radical (unpaired) electrons. The lowest BCUT2D eigenvalue weighted by Gasteiger charge is -2.29. The second-order valence-electron chi connectivity index (χ2n) is 5.91. The number of aromatic nitrogens is 2. The van der Waals surface area contributed by atoms with E-state index in [0.29, 0.717) is 30.4 Å². The molecule has 0 amide bonds. The molecule has 1 saturated carbocycles. The first kappa shape index (κ1) is 14.3. The van der Waals surface area contributed by atoms with E-state index in [-0.39, 0.29) is 0 Å². The smallest absolute Gasteiger partial charge is 0.318 e. The SMILES string of the molecule is CC(C)CNCc1nnc(N(C)C2CCCCC2)o1. The van der Waals surface area contributed by atoms with Crippen LogP contribution in [-0.2, 0) is 6.54 Å². The maximum Gasteiger partial charge on any atom is 0.318 e. The average Bonchev–Trinajstić information content (AvgIpc) is 2.87. The van der Waals surface area contributed by atoms with Gasteiger partial charge in [0.05, 0.1) is 6.54 Å². The molecule has 5 heteroatoms. The molecular formula is C14H26N4O. The molecule has 19 heavy (non-hydrogen) atoms. The second-order valence-corrected chi connectivity index (χ2v) is 5.91. The van der Waals surface area contributed by atoms with Gasteiger partial charge < -0.3 is 14.6 Å². The van der Waals surface area contributed by atoms with Crippen molar-refractivity contribution in [2.45, 2.75) is 58.5 Å². The van der Waals surface area contributed by atoms with Crippen molar-refractivity contribution in [3.8, 4) is 0 Å². The molecule has 1 heterocycles. The molecule has 0 spiro atoms. The van der Waals surface area contributed by atoms with Crippen LogP contribution in [0.2, 0.25) is 0 Å². The molecule has 0 saturated heterocycles. The van der Waals surface area contributed by atoms with Crippen LogP contribution in [-0.4, -0.2) is 29.8 Å². The van der Waals surface area contributed by atoms with Gasteiger partial charge in [0.25, 0.3) is 0 Å². The fourth-order valence-electron chi connectivity index (χ4n) is 2.55. The first-order valence-corrected chi connectivity index (χ1v) is 7.42. The van der Waals surface area contributed by atoms with E-state index in [9.17, 15) is 0 Å². The fraction of sp³-hybridized carbons (Fsp3) is 0.857. The number of rotatable bonds is 6. The normalized spacial score (nSPS) is 17.1. The molecular weight excluding hydrogens is 240 g/mol. The number of hydrogen-bond donors (Lipinski definition) is 1. The summed E-state index contributed by atoms with van der Waals surface area (Å²) in [5.41, 5.74) is 0. The third kappa shape index (κ3) is 4.20. The van der Waals surface area contributed by atoms with Crippen LogP contribution in [0, 0.1) is 5.92 Å². The molecule has 1 N–H and O–H groups in total. The lowest BCUT2D eigenvalue weighted by molar-refractivity contribution is 0.394. The Balaban J connectivity index is 1.85. The lowest BCUT2D eigenvalue weighted by Crippen LogP contribution is -2.33. The van der Waals surface area contributed by atoms with Crippen LogP contribution in [0.5, 0.6) is 0 Å². The van der Waals surface area contributed by atoms with Gasteiger partial charge >= 0.3 is 6.01 Å². The predicted molar refractivity (Wildman–Crippen MR) is 76.1 cm³/mol. The van der Waals surface area contributed by atoms with Crippen LogP contribution in [0.3, 0.4) is 0 Å². The highest BCUT2D eigenvalue weighted by molar-refractivity contribution is 5.24. The summed E-state index contributed by atoms with van der Waals surface area (Å²) in [6.45, 7) is 5.99. The Morgan fingerprint density at radius 2 is 2.00 bits per heavy atom. The summed E-state index contributed by atoms with van der Waals surface area (Å²) < 4.78 is 5.72. The van der Waals surface area contributed by atoms with Crippen LogP contribution in [0.4, 0.5) is 6.01 Å². The van der Waals surface area contributed by atoms with E-state index >= 15 is 0 Å². The topological polar surface area (TPSA) is 54.2 Å². The van der Waals surface area contributed by atoms with Crippen molar-refractivity contribution < 1.29 is 4.42 Å². The number of hydrogen-bond acceptors (Lipinski definition) is 5. The van der Waals surface area contributed by atoms with Crippen LogP contribution in [0.25, 0.3) is 0 Å². The number of nitrogens with zero attached hydrogens (tertiary/aromatic N) is 3. The number of nitrogens with one attached hydrogen (secondary N) is 1. The molecule has 1 aromatic rings.